The van der Waals surface area contributed by atoms with Crippen LogP contribution >= 0.6 is 0 Å². The number of rotatable bonds is 2. The first-order chi connectivity index (χ1) is 9.65. The molecule has 3 heterocycles. The Balaban J connectivity index is 1.64. The van der Waals surface area contributed by atoms with Gasteiger partial charge in [0.25, 0.3) is 5.91 Å². The Bertz CT molecular complexity index is 491. The maximum atomic E-state index is 12.5. The van der Waals surface area contributed by atoms with E-state index >= 15 is 0 Å². The first kappa shape index (κ1) is 13.6. The van der Waals surface area contributed by atoms with Crippen LogP contribution in [0.1, 0.15) is 28.3 Å². The number of hydrogen-bond acceptors (Lipinski definition) is 4. The van der Waals surface area contributed by atoms with Gasteiger partial charge in [-0.05, 0) is 26.3 Å². The highest BCUT2D eigenvalue weighted by Crippen LogP contribution is 2.21. The molecule has 1 aromatic rings. The van der Waals surface area contributed by atoms with Crippen molar-refractivity contribution < 1.29 is 9.21 Å². The number of furan rings is 1. The molecule has 0 aromatic carbocycles. The van der Waals surface area contributed by atoms with Gasteiger partial charge >= 0.3 is 0 Å². The predicted octanol–water partition coefficient (Wildman–Crippen LogP) is 1.02. The molecule has 5 nitrogen and oxygen atoms in total. The van der Waals surface area contributed by atoms with Crippen LogP contribution in [-0.4, -0.2) is 61.0 Å². The molecule has 0 spiro atoms. The van der Waals surface area contributed by atoms with E-state index in [9.17, 15) is 4.79 Å². The Hall–Kier alpha value is -1.33. The van der Waals surface area contributed by atoms with Crippen LogP contribution in [0.4, 0.5) is 0 Å². The summed E-state index contributed by atoms with van der Waals surface area (Å²) in [6.07, 6.45) is 1.08. The minimum absolute atomic E-state index is 0.122. The molecule has 0 bridgehead atoms. The summed E-state index contributed by atoms with van der Waals surface area (Å²) in [6, 6.07) is 2.38. The summed E-state index contributed by atoms with van der Waals surface area (Å²) >= 11 is 0. The molecular formula is C15H23N3O2. The van der Waals surface area contributed by atoms with E-state index in [0.717, 1.165) is 62.8 Å². The number of carbonyl (C=O) groups excluding carboxylic acids is 1. The molecule has 1 unspecified atom stereocenters. The third-order valence-corrected chi connectivity index (χ3v) is 4.39. The van der Waals surface area contributed by atoms with Gasteiger partial charge in [0, 0.05) is 45.3 Å². The zero-order valence-electron chi connectivity index (χ0n) is 12.3. The zero-order valence-corrected chi connectivity index (χ0v) is 12.3. The molecule has 1 aromatic heterocycles. The van der Waals surface area contributed by atoms with E-state index in [-0.39, 0.29) is 5.91 Å². The van der Waals surface area contributed by atoms with Crippen molar-refractivity contribution in [1.29, 1.82) is 0 Å². The average molecular weight is 277 g/mol. The summed E-state index contributed by atoms with van der Waals surface area (Å²) in [7, 11) is 0. The van der Waals surface area contributed by atoms with Gasteiger partial charge in [-0.15, -0.1) is 0 Å². The van der Waals surface area contributed by atoms with Gasteiger partial charge in [0.2, 0.25) is 0 Å². The molecule has 2 saturated heterocycles. The van der Waals surface area contributed by atoms with Crippen LogP contribution in [0, 0.1) is 13.8 Å². The van der Waals surface area contributed by atoms with Crippen LogP contribution in [0.5, 0.6) is 0 Å². The Kier molecular flexibility index (Phi) is 3.81. The van der Waals surface area contributed by atoms with Gasteiger partial charge < -0.3 is 14.6 Å². The normalized spacial score (nSPS) is 24.3. The van der Waals surface area contributed by atoms with Crippen molar-refractivity contribution in [2.24, 2.45) is 0 Å². The van der Waals surface area contributed by atoms with Gasteiger partial charge in [0.05, 0.1) is 5.56 Å². The minimum Gasteiger partial charge on any atom is -0.466 e. The largest absolute Gasteiger partial charge is 0.466 e. The van der Waals surface area contributed by atoms with Crippen molar-refractivity contribution in [3.8, 4) is 0 Å². The summed E-state index contributed by atoms with van der Waals surface area (Å²) < 4.78 is 5.47. The zero-order chi connectivity index (χ0) is 14.1. The lowest BCUT2D eigenvalue weighted by atomic mass is 10.2. The predicted molar refractivity (Wildman–Crippen MR) is 76.9 cm³/mol. The molecule has 1 amide bonds. The summed E-state index contributed by atoms with van der Waals surface area (Å²) in [6.45, 7) is 9.77. The van der Waals surface area contributed by atoms with Crippen LogP contribution < -0.4 is 5.32 Å². The number of hydrogen-bond donors (Lipinski definition) is 1. The molecule has 0 saturated carbocycles. The highest BCUT2D eigenvalue weighted by molar-refractivity contribution is 5.95. The molecule has 2 aliphatic heterocycles. The third kappa shape index (κ3) is 2.60. The molecule has 2 fully saturated rings. The van der Waals surface area contributed by atoms with Crippen molar-refractivity contribution in [2.75, 3.05) is 39.3 Å². The molecule has 1 N–H and O–H groups in total. The Morgan fingerprint density at radius 3 is 2.70 bits per heavy atom. The Labute approximate surface area is 119 Å². The van der Waals surface area contributed by atoms with E-state index in [2.05, 4.69) is 10.2 Å². The fraction of sp³-hybridized carbons (Fsp3) is 0.667. The standard InChI is InChI=1S/C15H23N3O2/c1-11-9-14(12(2)20-11)15(19)18-6-3-13(10-18)17-7-4-16-5-8-17/h9,13,16H,3-8,10H2,1-2H3. The highest BCUT2D eigenvalue weighted by Gasteiger charge is 2.32. The SMILES string of the molecule is Cc1cc(C(=O)N2CCC(N3CCNCC3)C2)c(C)o1. The van der Waals surface area contributed by atoms with Crippen LogP contribution in [0.3, 0.4) is 0 Å². The summed E-state index contributed by atoms with van der Waals surface area (Å²) in [5.74, 6) is 1.67. The number of nitrogens with one attached hydrogen (secondary N) is 1. The Morgan fingerprint density at radius 2 is 2.05 bits per heavy atom. The molecular weight excluding hydrogens is 254 g/mol. The van der Waals surface area contributed by atoms with Crippen LogP contribution in [0.15, 0.2) is 10.5 Å². The summed E-state index contributed by atoms with van der Waals surface area (Å²) in [5, 5.41) is 3.37. The molecule has 0 aliphatic carbocycles. The van der Waals surface area contributed by atoms with Gasteiger partial charge in [0.1, 0.15) is 11.5 Å². The monoisotopic (exact) mass is 277 g/mol. The number of carbonyl (C=O) groups is 1. The number of piperazine rings is 1. The lowest BCUT2D eigenvalue weighted by Gasteiger charge is -2.32. The maximum absolute atomic E-state index is 12.5. The molecule has 3 rings (SSSR count). The van der Waals surface area contributed by atoms with Crippen molar-refractivity contribution in [2.45, 2.75) is 26.3 Å². The second-order valence-electron chi connectivity index (χ2n) is 5.81. The van der Waals surface area contributed by atoms with Crippen molar-refractivity contribution >= 4 is 5.91 Å². The van der Waals surface area contributed by atoms with Gasteiger partial charge in [-0.1, -0.05) is 0 Å². The van der Waals surface area contributed by atoms with Gasteiger partial charge in [-0.2, -0.15) is 0 Å². The number of nitrogens with zero attached hydrogens (tertiary/aromatic N) is 2. The lowest BCUT2D eigenvalue weighted by molar-refractivity contribution is 0.0771. The number of likely N-dealkylation sites (tertiary alicyclic amines) is 1. The summed E-state index contributed by atoms with van der Waals surface area (Å²) in [4.78, 5) is 17.0. The third-order valence-electron chi connectivity index (χ3n) is 4.39. The summed E-state index contributed by atoms with van der Waals surface area (Å²) in [5.41, 5.74) is 0.725. The van der Waals surface area contributed by atoms with Crippen LogP contribution in [0.25, 0.3) is 0 Å². The topological polar surface area (TPSA) is 48.7 Å². The van der Waals surface area contributed by atoms with Crippen LogP contribution in [-0.2, 0) is 0 Å². The fourth-order valence-electron chi connectivity index (χ4n) is 3.29. The average Bonchev–Trinajstić information content (AvgIpc) is 3.06. The van der Waals surface area contributed by atoms with Crippen molar-refractivity contribution in [3.63, 3.8) is 0 Å². The minimum atomic E-state index is 0.122. The van der Waals surface area contributed by atoms with E-state index in [0.29, 0.717) is 6.04 Å². The van der Waals surface area contributed by atoms with E-state index in [4.69, 9.17) is 4.42 Å². The maximum Gasteiger partial charge on any atom is 0.257 e. The quantitative estimate of drug-likeness (QED) is 0.877. The molecule has 5 heteroatoms. The smallest absolute Gasteiger partial charge is 0.257 e. The highest BCUT2D eigenvalue weighted by atomic mass is 16.3. The Morgan fingerprint density at radius 1 is 1.30 bits per heavy atom. The van der Waals surface area contributed by atoms with E-state index in [1.54, 1.807) is 0 Å². The van der Waals surface area contributed by atoms with Gasteiger partial charge in [0.15, 0.2) is 0 Å². The fourth-order valence-corrected chi connectivity index (χ4v) is 3.29. The number of amides is 1. The molecule has 110 valence electrons. The van der Waals surface area contributed by atoms with Crippen molar-refractivity contribution in [1.82, 2.24) is 15.1 Å². The van der Waals surface area contributed by atoms with E-state index < -0.39 is 0 Å². The molecule has 0 radical (unpaired) electrons. The lowest BCUT2D eigenvalue weighted by Crippen LogP contribution is -2.49. The first-order valence-electron chi connectivity index (χ1n) is 7.46. The van der Waals surface area contributed by atoms with Crippen LogP contribution in [0.2, 0.25) is 0 Å². The van der Waals surface area contributed by atoms with E-state index in [1.807, 2.05) is 24.8 Å². The molecule has 2 aliphatic rings. The number of aryl methyl sites for hydroxylation is 2. The molecule has 1 atom stereocenters. The van der Waals surface area contributed by atoms with Gasteiger partial charge in [-0.25, -0.2) is 0 Å². The first-order valence-corrected chi connectivity index (χ1v) is 7.46. The van der Waals surface area contributed by atoms with E-state index in [1.165, 1.54) is 0 Å². The van der Waals surface area contributed by atoms with Crippen molar-refractivity contribution in [3.05, 3.63) is 23.2 Å². The second-order valence-corrected chi connectivity index (χ2v) is 5.81. The van der Waals surface area contributed by atoms with Gasteiger partial charge in [-0.3, -0.25) is 9.69 Å². The molecule has 20 heavy (non-hydrogen) atoms. The second kappa shape index (κ2) is 5.58.